The van der Waals surface area contributed by atoms with Crippen molar-refractivity contribution in [2.45, 2.75) is 51.9 Å². The molecule has 4 nitrogen and oxygen atoms in total. The lowest BCUT2D eigenvalue weighted by atomic mass is 9.74. The Morgan fingerprint density at radius 1 is 1.26 bits per heavy atom. The van der Waals surface area contributed by atoms with E-state index in [0.717, 1.165) is 24.6 Å². The van der Waals surface area contributed by atoms with Crippen LogP contribution in [0, 0.1) is 5.41 Å². The second-order valence-electron chi connectivity index (χ2n) is 6.10. The van der Waals surface area contributed by atoms with Crippen LogP contribution >= 0.6 is 0 Å². The molecule has 4 heteroatoms. The van der Waals surface area contributed by atoms with Crippen molar-refractivity contribution in [3.63, 3.8) is 0 Å². The monoisotopic (exact) mass is 262 g/mol. The van der Waals surface area contributed by atoms with Crippen molar-refractivity contribution in [2.24, 2.45) is 11.1 Å². The number of nitrogens with two attached hydrogens (primary N) is 1. The van der Waals surface area contributed by atoms with Crippen molar-refractivity contribution in [3.05, 3.63) is 18.1 Å². The Kier molecular flexibility index (Phi) is 4.75. The van der Waals surface area contributed by atoms with Crippen LogP contribution in [0.4, 0.5) is 5.82 Å². The molecule has 106 valence electrons. The normalized spacial score (nSPS) is 18.5. The molecular weight excluding hydrogens is 236 g/mol. The van der Waals surface area contributed by atoms with Crippen molar-refractivity contribution in [1.82, 2.24) is 9.97 Å². The molecule has 1 heterocycles. The molecule has 19 heavy (non-hydrogen) atoms. The Bertz CT molecular complexity index is 397. The molecular formula is C15H26N4. The van der Waals surface area contributed by atoms with Crippen LogP contribution in [0.25, 0.3) is 0 Å². The molecule has 0 spiro atoms. The van der Waals surface area contributed by atoms with Gasteiger partial charge in [0, 0.05) is 18.3 Å². The molecule has 0 bridgehead atoms. The minimum atomic E-state index is 0.265. The van der Waals surface area contributed by atoms with Crippen LogP contribution in [0.5, 0.6) is 0 Å². The van der Waals surface area contributed by atoms with E-state index < -0.39 is 0 Å². The molecule has 0 atom stereocenters. The van der Waals surface area contributed by atoms with Crippen molar-refractivity contribution in [3.8, 4) is 0 Å². The predicted molar refractivity (Wildman–Crippen MR) is 79.2 cm³/mol. The van der Waals surface area contributed by atoms with E-state index in [2.05, 4.69) is 35.2 Å². The van der Waals surface area contributed by atoms with Crippen LogP contribution in [0.2, 0.25) is 0 Å². The molecule has 1 saturated carbocycles. The van der Waals surface area contributed by atoms with Gasteiger partial charge in [0.1, 0.15) is 12.1 Å². The highest BCUT2D eigenvalue weighted by molar-refractivity contribution is 5.36. The predicted octanol–water partition coefficient (Wildman–Crippen LogP) is 2.92. The summed E-state index contributed by atoms with van der Waals surface area (Å²) in [5.41, 5.74) is 7.36. The second-order valence-corrected chi connectivity index (χ2v) is 6.10. The highest BCUT2D eigenvalue weighted by Gasteiger charge is 2.30. The quantitative estimate of drug-likeness (QED) is 0.856. The zero-order valence-electron chi connectivity index (χ0n) is 12.2. The highest BCUT2D eigenvalue weighted by Crippen LogP contribution is 2.35. The van der Waals surface area contributed by atoms with E-state index in [4.69, 9.17) is 5.73 Å². The van der Waals surface area contributed by atoms with E-state index in [9.17, 15) is 0 Å². The summed E-state index contributed by atoms with van der Waals surface area (Å²) in [7, 11) is 0. The van der Waals surface area contributed by atoms with Crippen LogP contribution < -0.4 is 11.1 Å². The first-order valence-corrected chi connectivity index (χ1v) is 7.41. The molecule has 1 aromatic rings. The van der Waals surface area contributed by atoms with Gasteiger partial charge >= 0.3 is 0 Å². The van der Waals surface area contributed by atoms with Gasteiger partial charge in [-0.3, -0.25) is 0 Å². The Morgan fingerprint density at radius 2 is 2.00 bits per heavy atom. The van der Waals surface area contributed by atoms with Crippen molar-refractivity contribution in [1.29, 1.82) is 0 Å². The Hall–Kier alpha value is -1.16. The number of nitrogens with one attached hydrogen (secondary N) is 1. The zero-order valence-corrected chi connectivity index (χ0v) is 12.2. The Labute approximate surface area is 116 Å². The van der Waals surface area contributed by atoms with E-state index in [0.29, 0.717) is 5.92 Å². The lowest BCUT2D eigenvalue weighted by Gasteiger charge is -2.36. The van der Waals surface area contributed by atoms with Gasteiger partial charge in [0.25, 0.3) is 0 Å². The number of hydrogen-bond donors (Lipinski definition) is 2. The maximum absolute atomic E-state index is 6.01. The molecule has 1 aliphatic rings. The average molecular weight is 262 g/mol. The van der Waals surface area contributed by atoms with E-state index in [-0.39, 0.29) is 5.41 Å². The molecule has 2 rings (SSSR count). The van der Waals surface area contributed by atoms with Crippen molar-refractivity contribution in [2.75, 3.05) is 18.4 Å². The average Bonchev–Trinajstić information content (AvgIpc) is 2.46. The summed E-state index contributed by atoms with van der Waals surface area (Å²) in [5.74, 6) is 1.36. The van der Waals surface area contributed by atoms with Gasteiger partial charge in [-0.05, 0) is 30.7 Å². The first-order chi connectivity index (χ1) is 9.15. The van der Waals surface area contributed by atoms with Crippen molar-refractivity contribution < 1.29 is 0 Å². The van der Waals surface area contributed by atoms with E-state index >= 15 is 0 Å². The highest BCUT2D eigenvalue weighted by atomic mass is 15.0. The van der Waals surface area contributed by atoms with Gasteiger partial charge in [-0.1, -0.05) is 33.1 Å². The molecule has 0 amide bonds. The third kappa shape index (κ3) is 3.66. The van der Waals surface area contributed by atoms with Crippen LogP contribution in [0.3, 0.4) is 0 Å². The number of hydrogen-bond acceptors (Lipinski definition) is 4. The van der Waals surface area contributed by atoms with Crippen LogP contribution in [0.15, 0.2) is 12.4 Å². The summed E-state index contributed by atoms with van der Waals surface area (Å²) in [4.78, 5) is 8.60. The van der Waals surface area contributed by atoms with Gasteiger partial charge in [0.05, 0.1) is 0 Å². The summed E-state index contributed by atoms with van der Waals surface area (Å²) >= 11 is 0. The smallest absolute Gasteiger partial charge is 0.129 e. The van der Waals surface area contributed by atoms with Crippen molar-refractivity contribution >= 4 is 5.82 Å². The topological polar surface area (TPSA) is 63.8 Å². The summed E-state index contributed by atoms with van der Waals surface area (Å²) in [6.07, 6.45) is 8.08. The summed E-state index contributed by atoms with van der Waals surface area (Å²) in [5, 5.41) is 3.47. The first-order valence-electron chi connectivity index (χ1n) is 7.41. The standard InChI is InChI=1S/C15H26N4/c1-12(2)13-8-14(19-11-18-13)17-10-15(9-16)6-4-3-5-7-15/h8,11-12H,3-7,9-10,16H2,1-2H3,(H,17,18,19). The van der Waals surface area contributed by atoms with Crippen LogP contribution in [0.1, 0.15) is 57.6 Å². The molecule has 1 aliphatic carbocycles. The number of nitrogens with zero attached hydrogens (tertiary/aromatic N) is 2. The fourth-order valence-electron chi connectivity index (χ4n) is 2.82. The zero-order chi connectivity index (χ0) is 13.7. The summed E-state index contributed by atoms with van der Waals surface area (Å²) in [6.45, 7) is 5.99. The first kappa shape index (κ1) is 14.3. The van der Waals surface area contributed by atoms with Gasteiger partial charge in [-0.2, -0.15) is 0 Å². The largest absolute Gasteiger partial charge is 0.369 e. The SMILES string of the molecule is CC(C)c1cc(NCC2(CN)CCCCC2)ncn1. The van der Waals surface area contributed by atoms with Gasteiger partial charge in [-0.15, -0.1) is 0 Å². The number of anilines is 1. The molecule has 0 aromatic carbocycles. The molecule has 1 aromatic heterocycles. The number of rotatable bonds is 5. The lowest BCUT2D eigenvalue weighted by Crippen LogP contribution is -2.39. The van der Waals surface area contributed by atoms with Gasteiger partial charge < -0.3 is 11.1 Å². The van der Waals surface area contributed by atoms with Gasteiger partial charge in [-0.25, -0.2) is 9.97 Å². The molecule has 3 N–H and O–H groups in total. The molecule has 0 aliphatic heterocycles. The van der Waals surface area contributed by atoms with Crippen LogP contribution in [-0.2, 0) is 0 Å². The second kappa shape index (κ2) is 6.33. The molecule has 0 radical (unpaired) electrons. The van der Waals surface area contributed by atoms with E-state index in [1.807, 2.05) is 0 Å². The fraction of sp³-hybridized carbons (Fsp3) is 0.733. The maximum Gasteiger partial charge on any atom is 0.129 e. The Morgan fingerprint density at radius 3 is 2.63 bits per heavy atom. The van der Waals surface area contributed by atoms with E-state index in [1.54, 1.807) is 6.33 Å². The van der Waals surface area contributed by atoms with Gasteiger partial charge in [0.2, 0.25) is 0 Å². The minimum absolute atomic E-state index is 0.265. The molecule has 1 fully saturated rings. The molecule has 0 unspecified atom stereocenters. The van der Waals surface area contributed by atoms with E-state index in [1.165, 1.54) is 32.1 Å². The molecule has 0 saturated heterocycles. The maximum atomic E-state index is 6.01. The summed E-state index contributed by atoms with van der Waals surface area (Å²) in [6, 6.07) is 2.05. The Balaban J connectivity index is 1.99. The fourth-order valence-corrected chi connectivity index (χ4v) is 2.82. The van der Waals surface area contributed by atoms with Gasteiger partial charge in [0.15, 0.2) is 0 Å². The van der Waals surface area contributed by atoms with Crippen LogP contribution in [-0.4, -0.2) is 23.1 Å². The lowest BCUT2D eigenvalue weighted by molar-refractivity contribution is 0.215. The summed E-state index contributed by atoms with van der Waals surface area (Å²) < 4.78 is 0. The third-order valence-corrected chi connectivity index (χ3v) is 4.27. The third-order valence-electron chi connectivity index (χ3n) is 4.27. The number of aromatic nitrogens is 2. The minimum Gasteiger partial charge on any atom is -0.369 e.